The molecule has 2 aromatic rings. The number of ether oxygens (including phenoxy) is 3. The molecule has 1 fully saturated rings. The van der Waals surface area contributed by atoms with E-state index in [0.29, 0.717) is 24.4 Å². The number of alkyl halides is 2. The first-order valence-electron chi connectivity index (χ1n) is 8.49. The Morgan fingerprint density at radius 2 is 2.04 bits per heavy atom. The van der Waals surface area contributed by atoms with E-state index in [-0.39, 0.29) is 18.8 Å². The molecule has 2 heterocycles. The van der Waals surface area contributed by atoms with E-state index in [1.165, 1.54) is 7.11 Å². The van der Waals surface area contributed by atoms with Crippen molar-refractivity contribution in [3.63, 3.8) is 0 Å². The molecule has 27 heavy (non-hydrogen) atoms. The van der Waals surface area contributed by atoms with Crippen LogP contribution in [0.25, 0.3) is 0 Å². The van der Waals surface area contributed by atoms with Crippen LogP contribution in [0.4, 0.5) is 14.5 Å². The van der Waals surface area contributed by atoms with Crippen LogP contribution in [0.15, 0.2) is 48.7 Å². The van der Waals surface area contributed by atoms with Gasteiger partial charge >= 0.3 is 12.6 Å². The van der Waals surface area contributed by atoms with Gasteiger partial charge in [0.05, 0.1) is 31.9 Å². The van der Waals surface area contributed by atoms with E-state index in [9.17, 15) is 13.6 Å². The molecular weight excluding hydrogens is 358 g/mol. The van der Waals surface area contributed by atoms with Crippen LogP contribution in [0.3, 0.4) is 0 Å². The van der Waals surface area contributed by atoms with Gasteiger partial charge in [-0.2, -0.15) is 8.78 Å². The number of methoxy groups -OCH3 is 1. The van der Waals surface area contributed by atoms with Gasteiger partial charge in [0.25, 0.3) is 0 Å². The zero-order valence-electron chi connectivity index (χ0n) is 14.8. The summed E-state index contributed by atoms with van der Waals surface area (Å²) in [6, 6.07) is 11.9. The van der Waals surface area contributed by atoms with Crippen molar-refractivity contribution < 1.29 is 27.8 Å². The number of carbonyl (C=O) groups is 1. The minimum Gasteiger partial charge on any atom is -0.472 e. The van der Waals surface area contributed by atoms with Crippen LogP contribution >= 0.6 is 0 Å². The molecular formula is C19H20F2N2O4. The fourth-order valence-electron chi connectivity index (χ4n) is 3.11. The first-order valence-corrected chi connectivity index (χ1v) is 8.49. The van der Waals surface area contributed by atoms with Gasteiger partial charge in [-0.1, -0.05) is 6.07 Å². The normalized spacial score (nSPS) is 19.3. The van der Waals surface area contributed by atoms with E-state index >= 15 is 0 Å². The lowest BCUT2D eigenvalue weighted by Gasteiger charge is -2.26. The number of hydrogen-bond donors (Lipinski definition) is 0. The Morgan fingerprint density at radius 3 is 2.67 bits per heavy atom. The van der Waals surface area contributed by atoms with Crippen LogP contribution in [-0.4, -0.2) is 50.0 Å². The van der Waals surface area contributed by atoms with E-state index in [2.05, 4.69) is 14.5 Å². The molecule has 0 spiro atoms. The van der Waals surface area contributed by atoms with Crippen molar-refractivity contribution in [2.75, 3.05) is 25.2 Å². The second-order valence-corrected chi connectivity index (χ2v) is 6.08. The number of aromatic nitrogens is 1. The number of esters is 1. The van der Waals surface area contributed by atoms with E-state index in [1.54, 1.807) is 42.6 Å². The average molecular weight is 378 g/mol. The fourth-order valence-corrected chi connectivity index (χ4v) is 3.11. The first kappa shape index (κ1) is 19.0. The summed E-state index contributed by atoms with van der Waals surface area (Å²) >= 11 is 0. The lowest BCUT2D eigenvalue weighted by atomic mass is 10.1. The van der Waals surface area contributed by atoms with Gasteiger partial charge < -0.3 is 19.1 Å². The predicted molar refractivity (Wildman–Crippen MR) is 94.1 cm³/mol. The van der Waals surface area contributed by atoms with Crippen LogP contribution < -0.4 is 9.64 Å². The third-order valence-electron chi connectivity index (χ3n) is 4.34. The molecule has 8 heteroatoms. The molecule has 1 aromatic carbocycles. The second-order valence-electron chi connectivity index (χ2n) is 6.08. The summed E-state index contributed by atoms with van der Waals surface area (Å²) in [5, 5.41) is 0. The van der Waals surface area contributed by atoms with Crippen LogP contribution in [0, 0.1) is 0 Å². The molecule has 0 bridgehead atoms. The maximum Gasteiger partial charge on any atom is 0.345 e. The smallest absolute Gasteiger partial charge is 0.345 e. The van der Waals surface area contributed by atoms with Crippen molar-refractivity contribution in [2.45, 2.75) is 25.2 Å². The van der Waals surface area contributed by atoms with E-state index < -0.39 is 12.6 Å². The highest BCUT2D eigenvalue weighted by molar-refractivity contribution is 5.89. The zero-order chi connectivity index (χ0) is 19.2. The maximum absolute atomic E-state index is 12.5. The van der Waals surface area contributed by atoms with Gasteiger partial charge in [0, 0.05) is 24.4 Å². The summed E-state index contributed by atoms with van der Waals surface area (Å²) in [6.07, 6.45) is 1.93. The number of pyridine rings is 1. The standard InChI is InChI=1S/C19H20F2N2O4/c1-25-18(24)13-5-7-14(8-6-13)23-11-16(10-15(23)12-26-19(20)21)27-17-4-2-3-9-22-17/h2-9,15-16,19H,10-12H2,1H3/t15-,16-/m0/s1. The Balaban J connectivity index is 1.74. The van der Waals surface area contributed by atoms with Crippen LogP contribution in [0.5, 0.6) is 5.88 Å². The molecule has 2 atom stereocenters. The Kier molecular flexibility index (Phi) is 6.18. The van der Waals surface area contributed by atoms with Crippen LogP contribution in [0.2, 0.25) is 0 Å². The van der Waals surface area contributed by atoms with Gasteiger partial charge in [-0.15, -0.1) is 0 Å². The first-order chi connectivity index (χ1) is 13.1. The number of benzene rings is 1. The van der Waals surface area contributed by atoms with Crippen molar-refractivity contribution in [3.8, 4) is 5.88 Å². The molecule has 0 saturated carbocycles. The highest BCUT2D eigenvalue weighted by Gasteiger charge is 2.34. The minimum absolute atomic E-state index is 0.126. The summed E-state index contributed by atoms with van der Waals surface area (Å²) < 4.78 is 40.1. The quantitative estimate of drug-likeness (QED) is 0.690. The SMILES string of the molecule is COC(=O)c1ccc(N2C[C@@H](Oc3ccccn3)C[C@H]2COC(F)F)cc1. The summed E-state index contributed by atoms with van der Waals surface area (Å²) in [5.74, 6) is 0.0517. The molecule has 144 valence electrons. The summed E-state index contributed by atoms with van der Waals surface area (Å²) in [7, 11) is 1.31. The Hall–Kier alpha value is -2.74. The number of carbonyl (C=O) groups excluding carboxylic acids is 1. The highest BCUT2D eigenvalue weighted by atomic mass is 19.3. The number of nitrogens with zero attached hydrogens (tertiary/aromatic N) is 2. The van der Waals surface area contributed by atoms with Crippen LogP contribution in [0.1, 0.15) is 16.8 Å². The van der Waals surface area contributed by atoms with Crippen molar-refractivity contribution in [1.82, 2.24) is 4.98 Å². The van der Waals surface area contributed by atoms with Crippen molar-refractivity contribution >= 4 is 11.7 Å². The summed E-state index contributed by atoms with van der Waals surface area (Å²) in [4.78, 5) is 17.7. The molecule has 1 aliphatic heterocycles. The highest BCUT2D eigenvalue weighted by Crippen LogP contribution is 2.29. The molecule has 3 rings (SSSR count). The predicted octanol–water partition coefficient (Wildman–Crippen LogP) is 3.13. The van der Waals surface area contributed by atoms with Gasteiger partial charge in [0.1, 0.15) is 6.10 Å². The monoisotopic (exact) mass is 378 g/mol. The van der Waals surface area contributed by atoms with Gasteiger partial charge in [-0.25, -0.2) is 9.78 Å². The Bertz CT molecular complexity index is 743. The second kappa shape index (κ2) is 8.77. The lowest BCUT2D eigenvalue weighted by molar-refractivity contribution is -0.131. The molecule has 0 N–H and O–H groups in total. The topological polar surface area (TPSA) is 60.9 Å². The van der Waals surface area contributed by atoms with Gasteiger partial charge in [-0.05, 0) is 30.3 Å². The van der Waals surface area contributed by atoms with Crippen molar-refractivity contribution in [3.05, 3.63) is 54.2 Å². The Morgan fingerprint density at radius 1 is 1.26 bits per heavy atom. The van der Waals surface area contributed by atoms with Crippen LogP contribution in [-0.2, 0) is 9.47 Å². The number of anilines is 1. The summed E-state index contributed by atoms with van der Waals surface area (Å²) in [5.41, 5.74) is 1.21. The number of halogens is 2. The lowest BCUT2D eigenvalue weighted by Crippen LogP contribution is -2.34. The van der Waals surface area contributed by atoms with Gasteiger partial charge in [0.15, 0.2) is 0 Å². The van der Waals surface area contributed by atoms with Crippen molar-refractivity contribution in [2.24, 2.45) is 0 Å². The molecule has 0 amide bonds. The molecule has 6 nitrogen and oxygen atoms in total. The molecule has 0 radical (unpaired) electrons. The molecule has 1 aromatic heterocycles. The minimum atomic E-state index is -2.83. The number of hydrogen-bond acceptors (Lipinski definition) is 6. The molecule has 0 unspecified atom stereocenters. The fraction of sp³-hybridized carbons (Fsp3) is 0.368. The van der Waals surface area contributed by atoms with Gasteiger partial charge in [-0.3, -0.25) is 0 Å². The molecule has 1 saturated heterocycles. The molecule has 0 aliphatic carbocycles. The van der Waals surface area contributed by atoms with Gasteiger partial charge in [0.2, 0.25) is 5.88 Å². The van der Waals surface area contributed by atoms with E-state index in [4.69, 9.17) is 4.74 Å². The third kappa shape index (κ3) is 4.91. The van der Waals surface area contributed by atoms with Crippen molar-refractivity contribution in [1.29, 1.82) is 0 Å². The maximum atomic E-state index is 12.5. The Labute approximate surface area is 155 Å². The molecule has 1 aliphatic rings. The summed E-state index contributed by atoms with van der Waals surface area (Å²) in [6.45, 7) is -2.46. The van der Waals surface area contributed by atoms with E-state index in [0.717, 1.165) is 5.69 Å². The largest absolute Gasteiger partial charge is 0.472 e. The van der Waals surface area contributed by atoms with E-state index in [1.807, 2.05) is 11.0 Å². The zero-order valence-corrected chi connectivity index (χ0v) is 14.8. The third-order valence-corrected chi connectivity index (χ3v) is 4.34. The number of rotatable bonds is 7. The average Bonchev–Trinajstić information content (AvgIpc) is 3.09.